The monoisotopic (exact) mass is 306 g/mol. The van der Waals surface area contributed by atoms with Gasteiger partial charge >= 0.3 is 5.97 Å². The maximum atomic E-state index is 10.5. The Balaban J connectivity index is 3.22. The molecule has 0 aliphatic heterocycles. The molecule has 0 spiro atoms. The normalized spacial score (nSPS) is 14.2. The molecule has 0 heterocycles. The first-order valence-electron chi connectivity index (χ1n) is 8.14. The Morgan fingerprint density at radius 2 is 1.30 bits per heavy atom. The molecule has 0 aromatic rings. The van der Waals surface area contributed by atoms with E-state index < -0.39 is 17.5 Å². The highest BCUT2D eigenvalue weighted by atomic mass is 35.5. The molecule has 0 aromatic heterocycles. The molecular formula is C16H31ClO3. The zero-order chi connectivity index (χ0) is 15.2. The van der Waals surface area contributed by atoms with Crippen LogP contribution in [0.5, 0.6) is 0 Å². The van der Waals surface area contributed by atoms with Crippen LogP contribution >= 0.6 is 11.6 Å². The second kappa shape index (κ2) is 13.7. The lowest BCUT2D eigenvalue weighted by atomic mass is 10.0. The fourth-order valence-corrected chi connectivity index (χ4v) is 2.58. The topological polar surface area (TPSA) is 57.5 Å². The number of carbonyl (C=O) groups is 1. The Hall–Kier alpha value is -0.280. The van der Waals surface area contributed by atoms with E-state index in [1.165, 1.54) is 57.8 Å². The Bertz CT molecular complexity index is 234. The van der Waals surface area contributed by atoms with Crippen LogP contribution in [0.3, 0.4) is 0 Å². The molecule has 0 saturated carbocycles. The molecule has 120 valence electrons. The van der Waals surface area contributed by atoms with Gasteiger partial charge in [0.05, 0.1) is 5.38 Å². The molecule has 0 amide bonds. The highest BCUT2D eigenvalue weighted by Gasteiger charge is 2.22. The van der Waals surface area contributed by atoms with Crippen LogP contribution in [0.25, 0.3) is 0 Å². The van der Waals surface area contributed by atoms with Crippen molar-refractivity contribution in [2.75, 3.05) is 0 Å². The maximum Gasteiger partial charge on any atom is 0.334 e. The molecule has 0 aromatic carbocycles. The number of aliphatic hydroxyl groups is 1. The first kappa shape index (κ1) is 19.7. The Labute approximate surface area is 128 Å². The van der Waals surface area contributed by atoms with Gasteiger partial charge in [-0.15, -0.1) is 11.6 Å². The first-order chi connectivity index (χ1) is 9.59. The average Bonchev–Trinajstić information content (AvgIpc) is 2.43. The molecule has 0 fully saturated rings. The van der Waals surface area contributed by atoms with Gasteiger partial charge in [0.1, 0.15) is 0 Å². The molecule has 2 unspecified atom stereocenters. The van der Waals surface area contributed by atoms with Crippen LogP contribution in [-0.2, 0) is 4.79 Å². The molecule has 0 radical (unpaired) electrons. The van der Waals surface area contributed by atoms with Crippen molar-refractivity contribution in [2.24, 2.45) is 0 Å². The summed E-state index contributed by atoms with van der Waals surface area (Å²) >= 11 is 5.82. The number of carboxylic acid groups (broad SMARTS) is 1. The molecule has 3 nitrogen and oxygen atoms in total. The fraction of sp³-hybridized carbons (Fsp3) is 0.938. The van der Waals surface area contributed by atoms with Crippen LogP contribution in [-0.4, -0.2) is 27.7 Å². The Morgan fingerprint density at radius 1 is 0.900 bits per heavy atom. The van der Waals surface area contributed by atoms with Crippen molar-refractivity contribution in [3.63, 3.8) is 0 Å². The number of carboxylic acids is 1. The number of rotatable bonds is 14. The van der Waals surface area contributed by atoms with Gasteiger partial charge in [0.25, 0.3) is 0 Å². The van der Waals surface area contributed by atoms with Crippen LogP contribution in [0, 0.1) is 0 Å². The van der Waals surface area contributed by atoms with Gasteiger partial charge in [-0.3, -0.25) is 0 Å². The molecule has 0 saturated heterocycles. The minimum atomic E-state index is -1.43. The smallest absolute Gasteiger partial charge is 0.334 e. The third-order valence-corrected chi connectivity index (χ3v) is 4.14. The van der Waals surface area contributed by atoms with Crippen LogP contribution in [0.2, 0.25) is 0 Å². The van der Waals surface area contributed by atoms with E-state index in [1.54, 1.807) is 0 Å². The van der Waals surface area contributed by atoms with Crippen LogP contribution in [0.15, 0.2) is 0 Å². The number of halogens is 1. The van der Waals surface area contributed by atoms with Crippen LogP contribution in [0.4, 0.5) is 0 Å². The number of hydrogen-bond donors (Lipinski definition) is 2. The van der Waals surface area contributed by atoms with Crippen molar-refractivity contribution in [1.29, 1.82) is 0 Å². The molecular weight excluding hydrogens is 276 g/mol. The number of aliphatic carboxylic acids is 1. The summed E-state index contributed by atoms with van der Waals surface area (Å²) in [6.07, 6.45) is 13.0. The second-order valence-corrected chi connectivity index (χ2v) is 6.18. The second-order valence-electron chi connectivity index (χ2n) is 5.62. The molecule has 2 atom stereocenters. The van der Waals surface area contributed by atoms with Gasteiger partial charge in [-0.05, 0) is 6.42 Å². The summed E-state index contributed by atoms with van der Waals surface area (Å²) in [5, 5.41) is 17.2. The molecule has 0 bridgehead atoms. The van der Waals surface area contributed by atoms with E-state index in [-0.39, 0.29) is 0 Å². The first-order valence-corrected chi connectivity index (χ1v) is 8.58. The van der Waals surface area contributed by atoms with Gasteiger partial charge in [0.2, 0.25) is 0 Å². The predicted octanol–water partition coefficient (Wildman–Crippen LogP) is 4.74. The summed E-state index contributed by atoms with van der Waals surface area (Å²) in [4.78, 5) is 10.5. The van der Waals surface area contributed by atoms with E-state index in [9.17, 15) is 9.90 Å². The lowest BCUT2D eigenvalue weighted by Gasteiger charge is -2.12. The van der Waals surface area contributed by atoms with Gasteiger partial charge in [-0.25, -0.2) is 4.79 Å². The molecule has 0 aliphatic rings. The van der Waals surface area contributed by atoms with Crippen LogP contribution in [0.1, 0.15) is 84.0 Å². The van der Waals surface area contributed by atoms with E-state index in [1.807, 2.05) is 0 Å². The van der Waals surface area contributed by atoms with Crippen molar-refractivity contribution < 1.29 is 15.0 Å². The SMILES string of the molecule is CCCCCCCCCCCCCC(Cl)C(O)C(=O)O. The van der Waals surface area contributed by atoms with Crippen molar-refractivity contribution >= 4 is 17.6 Å². The largest absolute Gasteiger partial charge is 0.479 e. The van der Waals surface area contributed by atoms with E-state index >= 15 is 0 Å². The van der Waals surface area contributed by atoms with Crippen molar-refractivity contribution in [3.8, 4) is 0 Å². The number of hydrogen-bond acceptors (Lipinski definition) is 2. The molecule has 0 aliphatic carbocycles. The van der Waals surface area contributed by atoms with Crippen molar-refractivity contribution in [2.45, 2.75) is 95.5 Å². The lowest BCUT2D eigenvalue weighted by molar-refractivity contribution is -0.146. The zero-order valence-corrected chi connectivity index (χ0v) is 13.6. The van der Waals surface area contributed by atoms with E-state index in [4.69, 9.17) is 16.7 Å². The van der Waals surface area contributed by atoms with E-state index in [2.05, 4.69) is 6.92 Å². The summed E-state index contributed by atoms with van der Waals surface area (Å²) in [5.41, 5.74) is 0. The summed E-state index contributed by atoms with van der Waals surface area (Å²) in [7, 11) is 0. The highest BCUT2D eigenvalue weighted by molar-refractivity contribution is 6.22. The molecule has 2 N–H and O–H groups in total. The summed E-state index contributed by atoms with van der Waals surface area (Å²) in [5.74, 6) is -1.23. The third kappa shape index (κ3) is 11.5. The minimum Gasteiger partial charge on any atom is -0.479 e. The summed E-state index contributed by atoms with van der Waals surface area (Å²) in [6, 6.07) is 0. The zero-order valence-electron chi connectivity index (χ0n) is 12.8. The van der Waals surface area contributed by atoms with Gasteiger partial charge in [-0.2, -0.15) is 0 Å². The third-order valence-electron chi connectivity index (χ3n) is 3.68. The van der Waals surface area contributed by atoms with Gasteiger partial charge in [-0.1, -0.05) is 77.6 Å². The predicted molar refractivity (Wildman–Crippen MR) is 84.4 cm³/mol. The molecule has 4 heteroatoms. The Kier molecular flexibility index (Phi) is 13.5. The van der Waals surface area contributed by atoms with Gasteiger partial charge < -0.3 is 10.2 Å². The standard InChI is InChI=1S/C16H31ClO3/c1-2-3-4-5-6-7-8-9-10-11-12-13-14(17)15(18)16(19)20/h14-15,18H,2-13H2,1H3,(H,19,20). The Morgan fingerprint density at radius 3 is 1.70 bits per heavy atom. The maximum absolute atomic E-state index is 10.5. The van der Waals surface area contributed by atoms with Crippen molar-refractivity contribution in [1.82, 2.24) is 0 Å². The minimum absolute atomic E-state index is 0.575. The number of aliphatic hydroxyl groups excluding tert-OH is 1. The van der Waals surface area contributed by atoms with E-state index in [0.717, 1.165) is 12.8 Å². The quantitative estimate of drug-likeness (QED) is 0.360. The molecule has 20 heavy (non-hydrogen) atoms. The van der Waals surface area contributed by atoms with Crippen LogP contribution < -0.4 is 0 Å². The van der Waals surface area contributed by atoms with Gasteiger partial charge in [0.15, 0.2) is 6.10 Å². The number of unbranched alkanes of at least 4 members (excludes halogenated alkanes) is 10. The fourth-order valence-electron chi connectivity index (χ4n) is 2.32. The summed E-state index contributed by atoms with van der Waals surface area (Å²) in [6.45, 7) is 2.24. The lowest BCUT2D eigenvalue weighted by Crippen LogP contribution is -2.29. The number of alkyl halides is 1. The summed E-state index contributed by atoms with van der Waals surface area (Å²) < 4.78 is 0. The highest BCUT2D eigenvalue weighted by Crippen LogP contribution is 2.16. The average molecular weight is 307 g/mol. The molecule has 0 rings (SSSR count). The van der Waals surface area contributed by atoms with Gasteiger partial charge in [0, 0.05) is 0 Å². The van der Waals surface area contributed by atoms with Crippen molar-refractivity contribution in [3.05, 3.63) is 0 Å². The van der Waals surface area contributed by atoms with E-state index in [0.29, 0.717) is 6.42 Å².